The molecule has 9 heteroatoms. The lowest BCUT2D eigenvalue weighted by molar-refractivity contribution is 0.0645. The molecule has 1 aromatic carbocycles. The Kier molecular flexibility index (Phi) is 15.3. The molecule has 3 N–H and O–H groups in total. The van der Waals surface area contributed by atoms with Crippen molar-refractivity contribution in [2.45, 2.75) is 72.4 Å². The van der Waals surface area contributed by atoms with E-state index in [1.54, 1.807) is 10.8 Å². The number of allylic oxidation sites excluding steroid dienone is 4. The van der Waals surface area contributed by atoms with Gasteiger partial charge in [0.2, 0.25) is 0 Å². The van der Waals surface area contributed by atoms with Crippen LogP contribution in [0.2, 0.25) is 0 Å². The quantitative estimate of drug-likeness (QED) is 0.0384. The molecule has 0 radical (unpaired) electrons. The Hall–Kier alpha value is -2.62. The largest absolute Gasteiger partial charge is 0.449 e. The molecule has 0 heterocycles. The molecule has 222 valence electrons. The van der Waals surface area contributed by atoms with E-state index in [0.717, 1.165) is 45.7 Å². The first kappa shape index (κ1) is 35.4. The fourth-order valence-corrected chi connectivity index (χ4v) is 5.13. The minimum atomic E-state index is -0.760. The van der Waals surface area contributed by atoms with Crippen LogP contribution in [-0.4, -0.2) is 47.5 Å². The number of nitrogens with zero attached hydrogens (tertiary/aromatic N) is 1. The third kappa shape index (κ3) is 12.3. The second-order valence-electron chi connectivity index (χ2n) is 10.6. The van der Waals surface area contributed by atoms with Crippen molar-refractivity contribution in [1.82, 2.24) is 10.3 Å². The zero-order valence-corrected chi connectivity index (χ0v) is 26.8. The highest BCUT2D eigenvalue weighted by Crippen LogP contribution is 2.28. The van der Waals surface area contributed by atoms with Gasteiger partial charge in [-0.05, 0) is 77.2 Å². The summed E-state index contributed by atoms with van der Waals surface area (Å²) in [6.07, 6.45) is 6.79. The first-order valence-electron chi connectivity index (χ1n) is 13.4. The summed E-state index contributed by atoms with van der Waals surface area (Å²) in [4.78, 5) is 24.9. The van der Waals surface area contributed by atoms with Gasteiger partial charge in [0, 0.05) is 11.5 Å². The summed E-state index contributed by atoms with van der Waals surface area (Å²) in [5.74, 6) is 7.32. The first-order valence-corrected chi connectivity index (χ1v) is 15.9. The monoisotopic (exact) mass is 589 g/mol. The van der Waals surface area contributed by atoms with Crippen LogP contribution in [0.15, 0.2) is 66.8 Å². The number of hydrazine groups is 1. The number of nitrogens with two attached hydrogens (primary N) is 1. The van der Waals surface area contributed by atoms with Crippen molar-refractivity contribution in [1.29, 1.82) is 0 Å². The molecule has 1 aromatic rings. The molecule has 0 aliphatic carbocycles. The lowest BCUT2D eigenvalue weighted by Gasteiger charge is -2.34. The number of carbonyl (C=O) groups excluding carboxylic acids is 2. The zero-order chi connectivity index (χ0) is 30.3. The number of rotatable bonds is 16. The van der Waals surface area contributed by atoms with Crippen molar-refractivity contribution < 1.29 is 19.1 Å². The van der Waals surface area contributed by atoms with Crippen LogP contribution in [0.4, 0.5) is 9.59 Å². The number of hydrogen-bond acceptors (Lipinski definition) is 7. The predicted octanol–water partition coefficient (Wildman–Crippen LogP) is 8.01. The number of nitrogens with one attached hydrogen (secondary N) is 1. The van der Waals surface area contributed by atoms with Crippen LogP contribution in [0, 0.1) is 0 Å². The predicted molar refractivity (Wildman–Crippen MR) is 172 cm³/mol. The van der Waals surface area contributed by atoms with Crippen LogP contribution in [0.25, 0.3) is 5.57 Å². The maximum absolute atomic E-state index is 12.6. The molecular formula is C31H47N3O4S2. The van der Waals surface area contributed by atoms with E-state index in [1.807, 2.05) is 71.9 Å². The lowest BCUT2D eigenvalue weighted by Crippen LogP contribution is -2.50. The molecule has 0 saturated carbocycles. The average molecular weight is 590 g/mol. The minimum absolute atomic E-state index is 0.214. The Morgan fingerprint density at radius 1 is 1.07 bits per heavy atom. The molecule has 2 amide bonds. The standard InChI is InChI=1S/C31H47N3O4S2/c1-10-11-14-26(17-16-23(2)3)30(6,7)33-28(35)37-18-20-39-40-21-19-38-29(36)34(32)31(8,9)27-15-12-13-25(22-27)24(4)5/h11-15,17,22H,2,4,10,16,18-21,32H2,1,3,5-9H3,(H,33,35)/b14-11-,26-17+. The van der Waals surface area contributed by atoms with Crippen molar-refractivity contribution in [2.24, 2.45) is 5.84 Å². The maximum atomic E-state index is 12.6. The van der Waals surface area contributed by atoms with Gasteiger partial charge >= 0.3 is 12.2 Å². The molecule has 0 saturated heterocycles. The van der Waals surface area contributed by atoms with Crippen molar-refractivity contribution in [3.63, 3.8) is 0 Å². The van der Waals surface area contributed by atoms with E-state index in [2.05, 4.69) is 37.6 Å². The first-order chi connectivity index (χ1) is 18.7. The van der Waals surface area contributed by atoms with Gasteiger partial charge in [0.1, 0.15) is 13.2 Å². The van der Waals surface area contributed by atoms with Crippen LogP contribution >= 0.6 is 21.6 Å². The molecule has 0 aliphatic heterocycles. The number of amides is 2. The molecule has 0 spiro atoms. The molecule has 0 aliphatic rings. The third-order valence-corrected chi connectivity index (χ3v) is 8.41. The Balaban J connectivity index is 2.39. The third-order valence-electron chi connectivity index (χ3n) is 6.08. The SMILES string of the molecule is C=C(C)C/C=C(\C=C/CC)C(C)(C)NC(=O)OCCSSCCOC(=O)N(N)C(C)(C)c1cccc(C(=C)C)c1. The van der Waals surface area contributed by atoms with Crippen molar-refractivity contribution in [3.05, 3.63) is 77.9 Å². The van der Waals surface area contributed by atoms with E-state index in [-0.39, 0.29) is 13.2 Å². The average Bonchev–Trinajstić information content (AvgIpc) is 2.88. The van der Waals surface area contributed by atoms with Gasteiger partial charge < -0.3 is 14.8 Å². The smallest absolute Gasteiger partial charge is 0.424 e. The minimum Gasteiger partial charge on any atom is -0.449 e. The van der Waals surface area contributed by atoms with Gasteiger partial charge in [-0.2, -0.15) is 0 Å². The number of ether oxygens (including phenoxy) is 2. The Morgan fingerprint density at radius 3 is 2.27 bits per heavy atom. The van der Waals surface area contributed by atoms with E-state index in [9.17, 15) is 9.59 Å². The van der Waals surface area contributed by atoms with Crippen molar-refractivity contribution >= 4 is 39.3 Å². The van der Waals surface area contributed by atoms with E-state index < -0.39 is 23.3 Å². The molecule has 0 atom stereocenters. The van der Waals surface area contributed by atoms with E-state index in [1.165, 1.54) is 10.8 Å². The second kappa shape index (κ2) is 17.3. The Morgan fingerprint density at radius 2 is 1.70 bits per heavy atom. The molecule has 0 aromatic heterocycles. The van der Waals surface area contributed by atoms with E-state index in [4.69, 9.17) is 15.3 Å². The van der Waals surface area contributed by atoms with Crippen molar-refractivity contribution in [2.75, 3.05) is 24.7 Å². The number of alkyl carbamates (subject to hydrolysis) is 1. The molecule has 40 heavy (non-hydrogen) atoms. The fraction of sp³-hybridized carbons (Fsp3) is 0.484. The van der Waals surface area contributed by atoms with Crippen LogP contribution in [0.3, 0.4) is 0 Å². The van der Waals surface area contributed by atoms with Gasteiger partial charge in [-0.3, -0.25) is 0 Å². The summed E-state index contributed by atoms with van der Waals surface area (Å²) in [7, 11) is 3.08. The van der Waals surface area contributed by atoms with Crippen LogP contribution in [-0.2, 0) is 15.0 Å². The highest BCUT2D eigenvalue weighted by molar-refractivity contribution is 8.76. The summed E-state index contributed by atoms with van der Waals surface area (Å²) < 4.78 is 10.7. The molecule has 1 rings (SSSR count). The van der Waals surface area contributed by atoms with Gasteiger partial charge in [-0.25, -0.2) is 20.4 Å². The topological polar surface area (TPSA) is 93.9 Å². The molecular weight excluding hydrogens is 542 g/mol. The van der Waals surface area contributed by atoms with Crippen LogP contribution in [0.5, 0.6) is 0 Å². The lowest BCUT2D eigenvalue weighted by atomic mass is 9.91. The molecule has 0 bridgehead atoms. The number of hydrogen-bond donors (Lipinski definition) is 2. The van der Waals surface area contributed by atoms with Gasteiger partial charge in [-0.1, -0.05) is 89.2 Å². The highest BCUT2D eigenvalue weighted by Gasteiger charge is 2.32. The fourth-order valence-electron chi connectivity index (χ4n) is 3.48. The summed E-state index contributed by atoms with van der Waals surface area (Å²) in [5.41, 5.74) is 3.55. The summed E-state index contributed by atoms with van der Waals surface area (Å²) in [6, 6.07) is 7.80. The van der Waals surface area contributed by atoms with Gasteiger partial charge in [-0.15, -0.1) is 0 Å². The van der Waals surface area contributed by atoms with E-state index in [0.29, 0.717) is 11.5 Å². The van der Waals surface area contributed by atoms with Gasteiger partial charge in [0.15, 0.2) is 0 Å². The maximum Gasteiger partial charge on any atom is 0.424 e. The summed E-state index contributed by atoms with van der Waals surface area (Å²) >= 11 is 0. The van der Waals surface area contributed by atoms with Crippen molar-refractivity contribution in [3.8, 4) is 0 Å². The zero-order valence-electron chi connectivity index (χ0n) is 25.2. The normalized spacial score (nSPS) is 12.2. The Labute approximate surface area is 249 Å². The van der Waals surface area contributed by atoms with Crippen LogP contribution < -0.4 is 11.2 Å². The second-order valence-corrected chi connectivity index (χ2v) is 13.3. The highest BCUT2D eigenvalue weighted by atomic mass is 33.1. The summed E-state index contributed by atoms with van der Waals surface area (Å²) in [5, 5.41) is 4.07. The molecule has 0 unspecified atom stereocenters. The number of benzene rings is 1. The van der Waals surface area contributed by atoms with E-state index >= 15 is 0 Å². The van der Waals surface area contributed by atoms with Gasteiger partial charge in [0.05, 0.1) is 11.1 Å². The molecule has 0 fully saturated rings. The number of carbonyl (C=O) groups is 2. The van der Waals surface area contributed by atoms with Crippen LogP contribution in [0.1, 0.15) is 72.4 Å². The van der Waals surface area contributed by atoms with Gasteiger partial charge in [0.25, 0.3) is 0 Å². The molecule has 7 nitrogen and oxygen atoms in total. The summed E-state index contributed by atoms with van der Waals surface area (Å²) in [6.45, 7) is 22.0. The Bertz CT molecular complexity index is 1080.